The first-order chi connectivity index (χ1) is 9.33. The summed E-state index contributed by atoms with van der Waals surface area (Å²) >= 11 is 1.10. The second kappa shape index (κ2) is 5.21. The number of oxime groups is 1. The fraction of sp³-hybridized carbons (Fsp3) is 0.300. The number of nitrogens with one attached hydrogen (secondary N) is 1. The molecule has 0 aliphatic rings. The first-order valence-electron chi connectivity index (χ1n) is 5.51. The molecule has 0 radical (unpaired) electrons. The van der Waals surface area contributed by atoms with Crippen LogP contribution in [0, 0.1) is 6.92 Å². The van der Waals surface area contributed by atoms with Gasteiger partial charge in [-0.2, -0.15) is 8.42 Å². The quantitative estimate of drug-likeness (QED) is 0.500. The van der Waals surface area contributed by atoms with Crippen molar-refractivity contribution in [1.29, 1.82) is 0 Å². The van der Waals surface area contributed by atoms with E-state index in [0.717, 1.165) is 11.3 Å². The summed E-state index contributed by atoms with van der Waals surface area (Å²) in [6.45, 7) is 3.27. The van der Waals surface area contributed by atoms with Crippen LogP contribution in [0.2, 0.25) is 0 Å². The Bertz CT molecular complexity index is 740. The molecule has 2 aromatic heterocycles. The number of anilines is 1. The van der Waals surface area contributed by atoms with Crippen molar-refractivity contribution in [1.82, 2.24) is 14.5 Å². The van der Waals surface area contributed by atoms with Crippen molar-refractivity contribution in [2.75, 3.05) is 4.72 Å². The lowest BCUT2D eigenvalue weighted by atomic mass is 10.3. The molecule has 0 aliphatic heterocycles. The summed E-state index contributed by atoms with van der Waals surface area (Å²) in [4.78, 5) is 7.99. The minimum Gasteiger partial charge on any atom is -0.411 e. The first kappa shape index (κ1) is 14.5. The highest BCUT2D eigenvalue weighted by Crippen LogP contribution is 2.20. The molecule has 0 fully saturated rings. The molecule has 0 aliphatic carbocycles. The molecule has 10 heteroatoms. The minimum atomic E-state index is -3.77. The smallest absolute Gasteiger partial charge is 0.282 e. The van der Waals surface area contributed by atoms with Crippen molar-refractivity contribution < 1.29 is 13.6 Å². The Labute approximate surface area is 119 Å². The number of hydrogen-bond acceptors (Lipinski definition) is 7. The summed E-state index contributed by atoms with van der Waals surface area (Å²) in [5.74, 6) is 0.591. The first-order valence-corrected chi connectivity index (χ1v) is 7.87. The van der Waals surface area contributed by atoms with Crippen LogP contribution in [-0.2, 0) is 17.1 Å². The maximum absolute atomic E-state index is 12.1. The van der Waals surface area contributed by atoms with Crippen molar-refractivity contribution in [3.05, 3.63) is 23.1 Å². The molecule has 0 bridgehead atoms. The summed E-state index contributed by atoms with van der Waals surface area (Å²) in [5.41, 5.74) is 0.716. The second-order valence-electron chi connectivity index (χ2n) is 4.07. The molecule has 8 nitrogen and oxygen atoms in total. The lowest BCUT2D eigenvalue weighted by Crippen LogP contribution is -2.13. The maximum atomic E-state index is 12.1. The number of rotatable bonds is 4. The van der Waals surface area contributed by atoms with Gasteiger partial charge in [0.1, 0.15) is 17.2 Å². The average molecular weight is 315 g/mol. The fourth-order valence-electron chi connectivity index (χ4n) is 1.36. The van der Waals surface area contributed by atoms with Gasteiger partial charge in [-0.15, -0.1) is 11.3 Å². The lowest BCUT2D eigenvalue weighted by molar-refractivity contribution is 0.319. The highest BCUT2D eigenvalue weighted by molar-refractivity contribution is 7.92. The predicted molar refractivity (Wildman–Crippen MR) is 74.9 cm³/mol. The van der Waals surface area contributed by atoms with E-state index in [9.17, 15) is 8.42 Å². The fourth-order valence-corrected chi connectivity index (χ4v) is 3.41. The van der Waals surface area contributed by atoms with Crippen LogP contribution < -0.4 is 4.72 Å². The van der Waals surface area contributed by atoms with Crippen molar-refractivity contribution >= 4 is 32.2 Å². The molecular weight excluding hydrogens is 302 g/mol. The Hall–Kier alpha value is -1.94. The van der Waals surface area contributed by atoms with Gasteiger partial charge in [-0.25, -0.2) is 9.97 Å². The van der Waals surface area contributed by atoms with Gasteiger partial charge < -0.3 is 9.77 Å². The summed E-state index contributed by atoms with van der Waals surface area (Å²) in [5, 5.41) is 13.4. The number of thiazole rings is 1. The van der Waals surface area contributed by atoms with Crippen molar-refractivity contribution in [3.8, 4) is 0 Å². The number of sulfonamides is 1. The van der Waals surface area contributed by atoms with Gasteiger partial charge in [0.25, 0.3) is 10.0 Å². The molecule has 0 aromatic carbocycles. The molecule has 2 rings (SSSR count). The summed E-state index contributed by atoms with van der Waals surface area (Å²) in [7, 11) is -2.06. The van der Waals surface area contributed by atoms with Crippen molar-refractivity contribution in [2.45, 2.75) is 18.9 Å². The van der Waals surface area contributed by atoms with Gasteiger partial charge in [-0.1, -0.05) is 5.16 Å². The standard InChI is InChI=1S/C10H13N5O3S2/c1-6(13-16)8-5-19-10(12-8)14-20(17,18)9-4-15(3)7(2)11-9/h4-5,16H,1-3H3,(H,12,14). The van der Waals surface area contributed by atoms with Gasteiger partial charge in [0, 0.05) is 18.6 Å². The van der Waals surface area contributed by atoms with Gasteiger partial charge in [-0.3, -0.25) is 4.72 Å². The minimum absolute atomic E-state index is 0.0678. The van der Waals surface area contributed by atoms with Crippen LogP contribution in [-0.4, -0.2) is 33.9 Å². The largest absolute Gasteiger partial charge is 0.411 e. The maximum Gasteiger partial charge on any atom is 0.282 e. The molecule has 0 amide bonds. The zero-order valence-electron chi connectivity index (χ0n) is 11.0. The van der Waals surface area contributed by atoms with Gasteiger partial charge >= 0.3 is 0 Å². The van der Waals surface area contributed by atoms with Crippen LogP contribution in [0.15, 0.2) is 21.8 Å². The van der Waals surface area contributed by atoms with Gasteiger partial charge in [-0.05, 0) is 13.8 Å². The van der Waals surface area contributed by atoms with Crippen LogP contribution in [0.1, 0.15) is 18.4 Å². The van der Waals surface area contributed by atoms with E-state index in [1.54, 1.807) is 30.8 Å². The third kappa shape index (κ3) is 2.80. The SMILES string of the molecule is CC(=NO)c1csc(NS(=O)(=O)c2cn(C)c(C)n2)n1. The number of aryl methyl sites for hydroxylation is 2. The number of imidazole rings is 1. The Morgan fingerprint density at radius 1 is 1.50 bits per heavy atom. The summed E-state index contributed by atoms with van der Waals surface area (Å²) < 4.78 is 28.2. The van der Waals surface area contributed by atoms with Crippen molar-refractivity contribution in [2.24, 2.45) is 12.2 Å². The van der Waals surface area contributed by atoms with E-state index in [0.29, 0.717) is 17.2 Å². The van der Waals surface area contributed by atoms with Gasteiger partial charge in [0.15, 0.2) is 10.2 Å². The molecule has 2 aromatic rings. The third-order valence-corrected chi connectivity index (χ3v) is 4.70. The van der Waals surface area contributed by atoms with Crippen LogP contribution in [0.25, 0.3) is 0 Å². The highest BCUT2D eigenvalue weighted by atomic mass is 32.2. The number of aromatic nitrogens is 3. The van der Waals surface area contributed by atoms with E-state index in [4.69, 9.17) is 5.21 Å². The Kier molecular flexibility index (Phi) is 3.77. The van der Waals surface area contributed by atoms with Gasteiger partial charge in [0.2, 0.25) is 0 Å². The number of hydrogen-bond donors (Lipinski definition) is 2. The van der Waals surface area contributed by atoms with Crippen LogP contribution in [0.4, 0.5) is 5.13 Å². The lowest BCUT2D eigenvalue weighted by Gasteiger charge is -2.00. The monoisotopic (exact) mass is 315 g/mol. The topological polar surface area (TPSA) is 109 Å². The molecule has 108 valence electrons. The zero-order valence-corrected chi connectivity index (χ0v) is 12.7. The van der Waals surface area contributed by atoms with Crippen LogP contribution in [0.5, 0.6) is 0 Å². The highest BCUT2D eigenvalue weighted by Gasteiger charge is 2.20. The molecule has 0 saturated heterocycles. The van der Waals surface area contributed by atoms with Crippen LogP contribution >= 0.6 is 11.3 Å². The zero-order chi connectivity index (χ0) is 14.9. The summed E-state index contributed by atoms with van der Waals surface area (Å²) in [6, 6.07) is 0. The average Bonchev–Trinajstić information content (AvgIpc) is 2.96. The summed E-state index contributed by atoms with van der Waals surface area (Å²) in [6.07, 6.45) is 1.42. The third-order valence-electron chi connectivity index (χ3n) is 2.61. The molecular formula is C10H13N5O3S2. The Morgan fingerprint density at radius 2 is 2.20 bits per heavy atom. The van der Waals surface area contributed by atoms with Gasteiger partial charge in [0.05, 0.1) is 0 Å². The normalized spacial score (nSPS) is 12.7. The Balaban J connectivity index is 2.27. The Morgan fingerprint density at radius 3 is 2.75 bits per heavy atom. The molecule has 0 spiro atoms. The molecule has 20 heavy (non-hydrogen) atoms. The molecule has 2 N–H and O–H groups in total. The van der Waals surface area contributed by atoms with Crippen LogP contribution in [0.3, 0.4) is 0 Å². The second-order valence-corrected chi connectivity index (χ2v) is 6.55. The van der Waals surface area contributed by atoms with E-state index < -0.39 is 10.0 Å². The van der Waals surface area contributed by atoms with E-state index >= 15 is 0 Å². The van der Waals surface area contributed by atoms with Crippen molar-refractivity contribution in [3.63, 3.8) is 0 Å². The molecule has 0 atom stereocenters. The van der Waals surface area contributed by atoms with E-state index in [1.165, 1.54) is 6.20 Å². The number of nitrogens with zero attached hydrogens (tertiary/aromatic N) is 4. The predicted octanol–water partition coefficient (Wildman–Crippen LogP) is 1.18. The molecule has 0 unspecified atom stereocenters. The van der Waals surface area contributed by atoms with E-state index in [2.05, 4.69) is 19.8 Å². The molecule has 0 saturated carbocycles. The van der Waals surface area contributed by atoms with E-state index in [1.807, 2.05) is 0 Å². The van der Waals surface area contributed by atoms with E-state index in [-0.39, 0.29) is 10.2 Å². The molecule has 2 heterocycles.